The maximum absolute atomic E-state index is 12.5. The third-order valence-electron chi connectivity index (χ3n) is 3.27. The molecule has 10 heteroatoms. The van der Waals surface area contributed by atoms with E-state index >= 15 is 0 Å². The number of fused-ring (bicyclic) bond motifs is 1. The molecule has 130 valence electrons. The van der Waals surface area contributed by atoms with Crippen molar-refractivity contribution >= 4 is 34.8 Å². The van der Waals surface area contributed by atoms with Gasteiger partial charge in [0, 0.05) is 12.3 Å². The van der Waals surface area contributed by atoms with E-state index < -0.39 is 17.8 Å². The summed E-state index contributed by atoms with van der Waals surface area (Å²) in [6, 6.07) is 4.53. The molecule has 2 aromatic rings. The highest BCUT2D eigenvalue weighted by Gasteiger charge is 2.32. The minimum atomic E-state index is -4.58. The van der Waals surface area contributed by atoms with Crippen LogP contribution >= 0.6 is 11.6 Å². The van der Waals surface area contributed by atoms with E-state index in [1.807, 2.05) is 0 Å². The maximum Gasteiger partial charge on any atom is 0.433 e. The zero-order valence-electron chi connectivity index (χ0n) is 12.3. The van der Waals surface area contributed by atoms with Crippen molar-refractivity contribution in [1.82, 2.24) is 4.98 Å². The predicted octanol–water partition coefficient (Wildman–Crippen LogP) is 3.34. The van der Waals surface area contributed by atoms with Crippen LogP contribution in [0, 0.1) is 0 Å². The molecule has 2 N–H and O–H groups in total. The zero-order chi connectivity index (χ0) is 18.2. The van der Waals surface area contributed by atoms with Crippen LogP contribution in [0.4, 0.5) is 24.5 Å². The second-order valence-corrected chi connectivity index (χ2v) is 5.46. The first kappa shape index (κ1) is 17.0. The Bertz CT molecular complexity index is 854. The zero-order valence-corrected chi connectivity index (χ0v) is 13.0. The number of carbonyl (C=O) groups is 2. The topological polar surface area (TPSA) is 80.3 Å². The summed E-state index contributed by atoms with van der Waals surface area (Å²) in [5.41, 5.74) is -0.632. The van der Waals surface area contributed by atoms with Gasteiger partial charge in [0.1, 0.15) is 11.4 Å². The van der Waals surface area contributed by atoms with Gasteiger partial charge in [-0.1, -0.05) is 11.6 Å². The molecule has 1 aliphatic heterocycles. The smallest absolute Gasteiger partial charge is 0.433 e. The fraction of sp³-hybridized carbons (Fsp3) is 0.133. The molecule has 0 bridgehead atoms. The van der Waals surface area contributed by atoms with Crippen molar-refractivity contribution in [2.45, 2.75) is 6.18 Å². The largest absolute Gasteiger partial charge is 0.482 e. The van der Waals surface area contributed by atoms with Gasteiger partial charge < -0.3 is 15.4 Å². The molecule has 0 radical (unpaired) electrons. The Labute approximate surface area is 143 Å². The van der Waals surface area contributed by atoms with Crippen molar-refractivity contribution in [3.05, 3.63) is 46.7 Å². The maximum atomic E-state index is 12.5. The highest BCUT2D eigenvalue weighted by molar-refractivity contribution is 6.34. The van der Waals surface area contributed by atoms with E-state index in [1.165, 1.54) is 12.1 Å². The van der Waals surface area contributed by atoms with Gasteiger partial charge in [0.15, 0.2) is 6.61 Å². The minimum Gasteiger partial charge on any atom is -0.482 e. The Hall–Kier alpha value is -2.81. The SMILES string of the molecule is O=C1COc2cc(NC(=O)c3ccc(C(F)(F)F)nc3)c(Cl)cc2N1. The number of rotatable bonds is 2. The summed E-state index contributed by atoms with van der Waals surface area (Å²) >= 11 is 6.04. The number of halogens is 4. The molecular formula is C15H9ClF3N3O3. The molecule has 25 heavy (non-hydrogen) atoms. The molecule has 0 spiro atoms. The van der Waals surface area contributed by atoms with Crippen molar-refractivity contribution in [1.29, 1.82) is 0 Å². The van der Waals surface area contributed by atoms with Crippen LogP contribution in [0.3, 0.4) is 0 Å². The van der Waals surface area contributed by atoms with Gasteiger partial charge in [0.05, 0.1) is 22.0 Å². The van der Waals surface area contributed by atoms with E-state index in [0.717, 1.165) is 12.3 Å². The highest BCUT2D eigenvalue weighted by atomic mass is 35.5. The molecule has 3 rings (SSSR count). The molecule has 1 aromatic heterocycles. The number of anilines is 2. The standard InChI is InChI=1S/C15H9ClF3N3O3/c16-8-3-10-11(25-6-13(23)21-10)4-9(8)22-14(24)7-1-2-12(20-5-7)15(17,18)19/h1-5H,6H2,(H,21,23)(H,22,24). The van der Waals surface area contributed by atoms with Gasteiger partial charge >= 0.3 is 6.18 Å². The van der Waals surface area contributed by atoms with E-state index in [2.05, 4.69) is 15.6 Å². The van der Waals surface area contributed by atoms with Crippen molar-refractivity contribution < 1.29 is 27.5 Å². The normalized spacial score (nSPS) is 13.5. The number of pyridine rings is 1. The second kappa shape index (κ2) is 6.25. The Kier molecular flexibility index (Phi) is 4.25. The number of nitrogens with one attached hydrogen (secondary N) is 2. The summed E-state index contributed by atoms with van der Waals surface area (Å²) in [5, 5.41) is 5.14. The first-order valence-corrected chi connectivity index (χ1v) is 7.22. The fourth-order valence-corrected chi connectivity index (χ4v) is 2.30. The van der Waals surface area contributed by atoms with Crippen LogP contribution < -0.4 is 15.4 Å². The first-order chi connectivity index (χ1) is 11.7. The summed E-state index contributed by atoms with van der Waals surface area (Å²) in [4.78, 5) is 26.6. The summed E-state index contributed by atoms with van der Waals surface area (Å²) in [7, 11) is 0. The molecule has 0 fully saturated rings. The van der Waals surface area contributed by atoms with Crippen LogP contribution in [0.5, 0.6) is 5.75 Å². The fourth-order valence-electron chi connectivity index (χ4n) is 2.09. The van der Waals surface area contributed by atoms with Crippen LogP contribution in [-0.2, 0) is 11.0 Å². The van der Waals surface area contributed by atoms with Gasteiger partial charge in [0.25, 0.3) is 11.8 Å². The monoisotopic (exact) mass is 371 g/mol. The minimum absolute atomic E-state index is 0.0731. The van der Waals surface area contributed by atoms with Gasteiger partial charge in [0.2, 0.25) is 0 Å². The van der Waals surface area contributed by atoms with Crippen molar-refractivity contribution in [2.24, 2.45) is 0 Å². The van der Waals surface area contributed by atoms with Crippen LogP contribution in [0.2, 0.25) is 5.02 Å². The quantitative estimate of drug-likeness (QED) is 0.848. The number of carbonyl (C=O) groups excluding carboxylic acids is 2. The number of hydrogen-bond donors (Lipinski definition) is 2. The predicted molar refractivity (Wildman–Crippen MR) is 82.8 cm³/mol. The third-order valence-corrected chi connectivity index (χ3v) is 3.58. The number of ether oxygens (including phenoxy) is 1. The van der Waals surface area contributed by atoms with Gasteiger partial charge in [-0.3, -0.25) is 14.6 Å². The van der Waals surface area contributed by atoms with E-state index in [-0.39, 0.29) is 28.8 Å². The van der Waals surface area contributed by atoms with Crippen LogP contribution in [0.1, 0.15) is 16.1 Å². The number of alkyl halides is 3. The summed E-state index contributed by atoms with van der Waals surface area (Å²) in [6.45, 7) is -0.176. The Balaban J connectivity index is 1.80. The van der Waals surface area contributed by atoms with Crippen LogP contribution in [0.25, 0.3) is 0 Å². The van der Waals surface area contributed by atoms with Crippen molar-refractivity contribution in [3.63, 3.8) is 0 Å². The summed E-state index contributed by atoms with van der Waals surface area (Å²) in [5.74, 6) is -0.719. The lowest BCUT2D eigenvalue weighted by Gasteiger charge is -2.19. The average Bonchev–Trinajstić information content (AvgIpc) is 2.55. The molecule has 0 atom stereocenters. The number of nitrogens with zero attached hydrogens (tertiary/aromatic N) is 1. The molecule has 2 amide bonds. The average molecular weight is 372 g/mol. The number of amides is 2. The molecule has 0 aliphatic carbocycles. The molecular weight excluding hydrogens is 363 g/mol. The van der Waals surface area contributed by atoms with Gasteiger partial charge in [-0.05, 0) is 18.2 Å². The van der Waals surface area contributed by atoms with Crippen molar-refractivity contribution in [3.8, 4) is 5.75 Å². The molecule has 2 heterocycles. The first-order valence-electron chi connectivity index (χ1n) is 6.85. The lowest BCUT2D eigenvalue weighted by molar-refractivity contribution is -0.141. The Morgan fingerprint density at radius 2 is 2.08 bits per heavy atom. The highest BCUT2D eigenvalue weighted by Crippen LogP contribution is 2.36. The van der Waals surface area contributed by atoms with Crippen LogP contribution in [0.15, 0.2) is 30.5 Å². The molecule has 1 aliphatic rings. The van der Waals surface area contributed by atoms with E-state index in [1.54, 1.807) is 0 Å². The third kappa shape index (κ3) is 3.66. The van der Waals surface area contributed by atoms with E-state index in [0.29, 0.717) is 17.5 Å². The number of hydrogen-bond acceptors (Lipinski definition) is 4. The number of aromatic nitrogens is 1. The van der Waals surface area contributed by atoms with E-state index in [9.17, 15) is 22.8 Å². The molecule has 1 aromatic carbocycles. The molecule has 0 unspecified atom stereocenters. The molecule has 0 saturated carbocycles. The molecule has 6 nitrogen and oxygen atoms in total. The van der Waals surface area contributed by atoms with E-state index in [4.69, 9.17) is 16.3 Å². The second-order valence-electron chi connectivity index (χ2n) is 5.05. The summed E-state index contributed by atoms with van der Waals surface area (Å²) in [6.07, 6.45) is -3.76. The summed E-state index contributed by atoms with van der Waals surface area (Å²) < 4.78 is 42.7. The lowest BCUT2D eigenvalue weighted by Crippen LogP contribution is -2.25. The Morgan fingerprint density at radius 1 is 1.32 bits per heavy atom. The molecule has 0 saturated heterocycles. The van der Waals surface area contributed by atoms with Gasteiger partial charge in [-0.25, -0.2) is 0 Å². The van der Waals surface area contributed by atoms with Gasteiger partial charge in [-0.15, -0.1) is 0 Å². The lowest BCUT2D eigenvalue weighted by atomic mass is 10.2. The Morgan fingerprint density at radius 3 is 2.72 bits per heavy atom. The van der Waals surface area contributed by atoms with Gasteiger partial charge in [-0.2, -0.15) is 13.2 Å². The van der Waals surface area contributed by atoms with Crippen LogP contribution in [-0.4, -0.2) is 23.4 Å². The van der Waals surface area contributed by atoms with Crippen molar-refractivity contribution in [2.75, 3.05) is 17.2 Å². The number of benzene rings is 1.